The van der Waals surface area contributed by atoms with Gasteiger partial charge in [-0.3, -0.25) is 0 Å². The van der Waals surface area contributed by atoms with Crippen LogP contribution in [0.4, 0.5) is 0 Å². The van der Waals surface area contributed by atoms with Gasteiger partial charge in [0.2, 0.25) is 0 Å². The second kappa shape index (κ2) is 4.46. The van der Waals surface area contributed by atoms with Crippen LogP contribution < -0.4 is 10.9 Å². The minimum absolute atomic E-state index is 0.0899. The number of hydrogen-bond acceptors (Lipinski definition) is 4. The highest BCUT2D eigenvalue weighted by atomic mass is 16.4. The lowest BCUT2D eigenvalue weighted by Crippen LogP contribution is -2.29. The second-order valence-electron chi connectivity index (χ2n) is 4.67. The number of piperidine rings is 1. The number of rotatable bonds is 1. The summed E-state index contributed by atoms with van der Waals surface area (Å²) < 4.78 is 5.29. The van der Waals surface area contributed by atoms with Crippen LogP contribution in [-0.2, 0) is 0 Å². The molecule has 0 aliphatic carbocycles. The molecule has 3 rings (SSSR count). The quantitative estimate of drug-likeness (QED) is 0.754. The van der Waals surface area contributed by atoms with Gasteiger partial charge in [-0.05, 0) is 44.0 Å². The first kappa shape index (κ1) is 11.3. The Hall–Kier alpha value is -1.81. The predicted octanol–water partition coefficient (Wildman–Crippen LogP) is 1.97. The third-order valence-corrected chi connectivity index (χ3v) is 3.57. The van der Waals surface area contributed by atoms with Crippen LogP contribution in [0.1, 0.15) is 24.3 Å². The topological polar surface area (TPSA) is 62.5 Å². The van der Waals surface area contributed by atoms with E-state index in [0.29, 0.717) is 16.5 Å². The summed E-state index contributed by atoms with van der Waals surface area (Å²) >= 11 is 0. The zero-order chi connectivity index (χ0) is 12.5. The second-order valence-corrected chi connectivity index (χ2v) is 4.67. The van der Waals surface area contributed by atoms with E-state index in [0.717, 1.165) is 25.9 Å². The van der Waals surface area contributed by atoms with E-state index in [1.807, 2.05) is 6.07 Å². The Kier molecular flexibility index (Phi) is 2.80. The summed E-state index contributed by atoms with van der Waals surface area (Å²) in [6.07, 6.45) is 1.72. The molecular weight excluding hydrogens is 230 g/mol. The van der Waals surface area contributed by atoms with Crippen LogP contribution in [0.2, 0.25) is 0 Å². The van der Waals surface area contributed by atoms with E-state index in [1.165, 1.54) is 0 Å². The molecule has 2 aromatic rings. The van der Waals surface area contributed by atoms with E-state index < -0.39 is 5.63 Å². The monoisotopic (exact) mass is 245 g/mol. The van der Waals surface area contributed by atoms with Crippen molar-refractivity contribution in [2.45, 2.75) is 18.8 Å². The maximum atomic E-state index is 12.0. The molecule has 1 aromatic carbocycles. The fourth-order valence-corrected chi connectivity index (χ4v) is 2.62. The Morgan fingerprint density at radius 2 is 1.94 bits per heavy atom. The number of aromatic hydroxyl groups is 1. The van der Waals surface area contributed by atoms with Gasteiger partial charge in [-0.2, -0.15) is 0 Å². The van der Waals surface area contributed by atoms with Crippen molar-refractivity contribution in [1.29, 1.82) is 0 Å². The third kappa shape index (κ3) is 1.78. The van der Waals surface area contributed by atoms with Gasteiger partial charge in [0.1, 0.15) is 11.3 Å². The van der Waals surface area contributed by atoms with E-state index in [1.54, 1.807) is 18.2 Å². The molecule has 0 unspecified atom stereocenters. The first-order valence-electron chi connectivity index (χ1n) is 6.23. The number of para-hydroxylation sites is 1. The Morgan fingerprint density at radius 3 is 2.72 bits per heavy atom. The summed E-state index contributed by atoms with van der Waals surface area (Å²) in [7, 11) is 0. The SMILES string of the molecule is O=c1oc2ccccc2c(O)c1C1CCNCC1. The van der Waals surface area contributed by atoms with Crippen molar-refractivity contribution in [3.63, 3.8) is 0 Å². The number of hydrogen-bond donors (Lipinski definition) is 2. The van der Waals surface area contributed by atoms with Gasteiger partial charge >= 0.3 is 5.63 Å². The minimum atomic E-state index is -0.405. The van der Waals surface area contributed by atoms with Gasteiger partial charge in [-0.25, -0.2) is 4.79 Å². The smallest absolute Gasteiger partial charge is 0.343 e. The van der Waals surface area contributed by atoms with Crippen molar-refractivity contribution in [3.8, 4) is 5.75 Å². The number of fused-ring (bicyclic) bond motifs is 1. The van der Waals surface area contributed by atoms with Crippen molar-refractivity contribution >= 4 is 11.0 Å². The summed E-state index contributed by atoms with van der Waals surface area (Å²) in [6.45, 7) is 1.74. The molecule has 1 fully saturated rings. The molecule has 0 saturated carbocycles. The first-order chi connectivity index (χ1) is 8.77. The van der Waals surface area contributed by atoms with E-state index in [4.69, 9.17) is 4.42 Å². The predicted molar refractivity (Wildman–Crippen MR) is 69.0 cm³/mol. The highest BCUT2D eigenvalue weighted by molar-refractivity contribution is 5.84. The molecule has 1 aromatic heterocycles. The van der Waals surface area contributed by atoms with Crippen molar-refractivity contribution in [3.05, 3.63) is 40.2 Å². The van der Waals surface area contributed by atoms with Gasteiger partial charge in [0, 0.05) is 0 Å². The van der Waals surface area contributed by atoms with Crippen molar-refractivity contribution in [2.75, 3.05) is 13.1 Å². The summed E-state index contributed by atoms with van der Waals surface area (Å²) in [4.78, 5) is 12.0. The maximum Gasteiger partial charge on any atom is 0.343 e. The van der Waals surface area contributed by atoms with Crippen molar-refractivity contribution < 1.29 is 9.52 Å². The molecule has 0 bridgehead atoms. The highest BCUT2D eigenvalue weighted by Crippen LogP contribution is 2.34. The van der Waals surface area contributed by atoms with Gasteiger partial charge in [-0.1, -0.05) is 12.1 Å². The average molecular weight is 245 g/mol. The molecular formula is C14H15NO3. The third-order valence-electron chi connectivity index (χ3n) is 3.57. The van der Waals surface area contributed by atoms with E-state index >= 15 is 0 Å². The lowest BCUT2D eigenvalue weighted by Gasteiger charge is -2.22. The molecule has 0 atom stereocenters. The largest absolute Gasteiger partial charge is 0.507 e. The van der Waals surface area contributed by atoms with Crippen LogP contribution in [0.5, 0.6) is 5.75 Å². The Bertz CT molecular complexity index is 626. The van der Waals surface area contributed by atoms with Crippen LogP contribution in [0.15, 0.2) is 33.5 Å². The van der Waals surface area contributed by atoms with Crippen molar-refractivity contribution in [1.82, 2.24) is 5.32 Å². The lowest BCUT2D eigenvalue weighted by atomic mass is 9.90. The summed E-state index contributed by atoms with van der Waals surface area (Å²) in [5.41, 5.74) is 0.478. The van der Waals surface area contributed by atoms with Gasteiger partial charge in [0.25, 0.3) is 0 Å². The lowest BCUT2D eigenvalue weighted by molar-refractivity contribution is 0.407. The molecule has 18 heavy (non-hydrogen) atoms. The van der Waals surface area contributed by atoms with Crippen LogP contribution in [0.25, 0.3) is 11.0 Å². The van der Waals surface area contributed by atoms with Crippen LogP contribution in [0, 0.1) is 0 Å². The number of nitrogens with one attached hydrogen (secondary N) is 1. The van der Waals surface area contributed by atoms with Crippen molar-refractivity contribution in [2.24, 2.45) is 0 Å². The standard InChI is InChI=1S/C14H15NO3/c16-13-10-3-1-2-4-11(10)18-14(17)12(13)9-5-7-15-8-6-9/h1-4,9,15-16H,5-8H2. The molecule has 94 valence electrons. The fourth-order valence-electron chi connectivity index (χ4n) is 2.62. The molecule has 4 nitrogen and oxygen atoms in total. The molecule has 2 heterocycles. The molecule has 4 heteroatoms. The first-order valence-corrected chi connectivity index (χ1v) is 6.23. The molecule has 1 aliphatic rings. The average Bonchev–Trinajstić information content (AvgIpc) is 2.40. The highest BCUT2D eigenvalue weighted by Gasteiger charge is 2.24. The molecule has 0 amide bonds. The van der Waals surface area contributed by atoms with Gasteiger partial charge < -0.3 is 14.8 Å². The zero-order valence-electron chi connectivity index (χ0n) is 9.98. The van der Waals surface area contributed by atoms with Gasteiger partial charge in [0.15, 0.2) is 0 Å². The van der Waals surface area contributed by atoms with Crippen LogP contribution in [0.3, 0.4) is 0 Å². The normalized spacial score (nSPS) is 17.1. The van der Waals surface area contributed by atoms with E-state index in [2.05, 4.69) is 5.32 Å². The van der Waals surface area contributed by atoms with Crippen LogP contribution in [-0.4, -0.2) is 18.2 Å². The Balaban J connectivity index is 2.19. The Labute approximate surface area is 104 Å². The molecule has 1 saturated heterocycles. The summed E-state index contributed by atoms with van der Waals surface area (Å²) in [6, 6.07) is 7.09. The fraction of sp³-hybridized carbons (Fsp3) is 0.357. The van der Waals surface area contributed by atoms with E-state index in [-0.39, 0.29) is 11.7 Å². The van der Waals surface area contributed by atoms with Crippen LogP contribution >= 0.6 is 0 Å². The zero-order valence-corrected chi connectivity index (χ0v) is 9.98. The van der Waals surface area contributed by atoms with E-state index in [9.17, 15) is 9.90 Å². The number of benzene rings is 1. The molecule has 0 radical (unpaired) electrons. The molecule has 0 spiro atoms. The van der Waals surface area contributed by atoms with Gasteiger partial charge in [-0.15, -0.1) is 0 Å². The maximum absolute atomic E-state index is 12.0. The Morgan fingerprint density at radius 1 is 1.22 bits per heavy atom. The summed E-state index contributed by atoms with van der Waals surface area (Å²) in [5.74, 6) is 0.181. The van der Waals surface area contributed by atoms with Gasteiger partial charge in [0.05, 0.1) is 10.9 Å². The molecule has 1 aliphatic heterocycles. The minimum Gasteiger partial charge on any atom is -0.507 e. The summed E-state index contributed by atoms with van der Waals surface area (Å²) in [5, 5.41) is 14.2. The molecule has 2 N–H and O–H groups in total.